The van der Waals surface area contributed by atoms with Crippen molar-refractivity contribution in [3.63, 3.8) is 0 Å². The van der Waals surface area contributed by atoms with Crippen LogP contribution in [0.25, 0.3) is 0 Å². The maximum Gasteiger partial charge on any atom is 0.410 e. The summed E-state index contributed by atoms with van der Waals surface area (Å²) in [5.74, 6) is 0. The van der Waals surface area contributed by atoms with Gasteiger partial charge < -0.3 is 14.7 Å². The van der Waals surface area contributed by atoms with E-state index in [4.69, 9.17) is 4.74 Å². The van der Waals surface area contributed by atoms with Gasteiger partial charge in [-0.1, -0.05) is 18.7 Å². The molecule has 1 aliphatic rings. The van der Waals surface area contributed by atoms with Crippen molar-refractivity contribution < 1.29 is 14.6 Å². The van der Waals surface area contributed by atoms with E-state index in [0.717, 1.165) is 0 Å². The molecule has 0 aromatic carbocycles. The quantitative estimate of drug-likeness (QED) is 0.625. The van der Waals surface area contributed by atoms with Crippen LogP contribution in [0.2, 0.25) is 0 Å². The third kappa shape index (κ3) is 3.92. The third-order valence-corrected chi connectivity index (χ3v) is 2.66. The van der Waals surface area contributed by atoms with Crippen LogP contribution in [-0.4, -0.2) is 53.7 Å². The van der Waals surface area contributed by atoms with Crippen molar-refractivity contribution in [1.29, 1.82) is 0 Å². The van der Waals surface area contributed by atoms with Crippen LogP contribution in [0.15, 0.2) is 29.3 Å². The largest absolute Gasteiger partial charge is 0.444 e. The summed E-state index contributed by atoms with van der Waals surface area (Å²) in [5.41, 5.74) is -0.954. The van der Waals surface area contributed by atoms with Gasteiger partial charge in [-0.05, 0) is 20.8 Å². The number of nitrogens with zero attached hydrogens (tertiary/aromatic N) is 2. The molecule has 1 aliphatic heterocycles. The van der Waals surface area contributed by atoms with Gasteiger partial charge in [0.2, 0.25) is 0 Å². The summed E-state index contributed by atoms with van der Waals surface area (Å²) in [6.45, 7) is 9.43. The first-order valence-electron chi connectivity index (χ1n) is 6.17. The molecular weight excluding hydrogens is 244 g/mol. The molecule has 1 fully saturated rings. The van der Waals surface area contributed by atoms with Crippen molar-refractivity contribution in [2.24, 2.45) is 4.99 Å². The van der Waals surface area contributed by atoms with Crippen LogP contribution >= 0.6 is 0 Å². The molecular formula is C14H22N2O3. The molecule has 0 saturated carbocycles. The molecule has 5 heteroatoms. The maximum absolute atomic E-state index is 11.8. The summed E-state index contributed by atoms with van der Waals surface area (Å²) in [4.78, 5) is 17.1. The molecule has 0 aromatic rings. The number of hydrogen-bond donors (Lipinski definition) is 1. The van der Waals surface area contributed by atoms with Gasteiger partial charge in [0.25, 0.3) is 0 Å². The predicted molar refractivity (Wildman–Crippen MR) is 75.5 cm³/mol. The summed E-state index contributed by atoms with van der Waals surface area (Å²) in [6.07, 6.45) is 4.45. The fourth-order valence-corrected chi connectivity index (χ4v) is 1.81. The Labute approximate surface area is 114 Å². The highest BCUT2D eigenvalue weighted by atomic mass is 16.6. The van der Waals surface area contributed by atoms with E-state index in [1.807, 2.05) is 20.8 Å². The van der Waals surface area contributed by atoms with Crippen LogP contribution in [0.4, 0.5) is 4.79 Å². The molecule has 1 saturated heterocycles. The minimum Gasteiger partial charge on any atom is -0.444 e. The van der Waals surface area contributed by atoms with E-state index in [9.17, 15) is 9.90 Å². The first-order valence-corrected chi connectivity index (χ1v) is 6.17. The third-order valence-electron chi connectivity index (χ3n) is 2.66. The normalized spacial score (nSPS) is 19.2. The molecule has 0 aliphatic carbocycles. The van der Waals surface area contributed by atoms with Gasteiger partial charge in [-0.2, -0.15) is 0 Å². The molecule has 1 heterocycles. The summed E-state index contributed by atoms with van der Waals surface area (Å²) in [6, 6.07) is 0. The Kier molecular flexibility index (Phi) is 4.52. The molecule has 0 bridgehead atoms. The van der Waals surface area contributed by atoms with Gasteiger partial charge in [-0.3, -0.25) is 4.99 Å². The van der Waals surface area contributed by atoms with Crippen molar-refractivity contribution in [2.75, 3.05) is 20.1 Å². The van der Waals surface area contributed by atoms with Gasteiger partial charge in [0.15, 0.2) is 0 Å². The number of aliphatic imine (C=N–C) groups is 1. The summed E-state index contributed by atoms with van der Waals surface area (Å²) in [5, 5.41) is 10.4. The van der Waals surface area contributed by atoms with Crippen LogP contribution in [0, 0.1) is 0 Å². The molecule has 5 nitrogen and oxygen atoms in total. The number of aliphatic hydroxyl groups is 1. The van der Waals surface area contributed by atoms with E-state index in [0.29, 0.717) is 5.57 Å². The molecule has 1 N–H and O–H groups in total. The summed E-state index contributed by atoms with van der Waals surface area (Å²) >= 11 is 0. The fraction of sp³-hybridized carbons (Fsp3) is 0.571. The molecule has 0 radical (unpaired) electrons. The molecule has 106 valence electrons. The second-order valence-corrected chi connectivity index (χ2v) is 5.61. The van der Waals surface area contributed by atoms with Crippen LogP contribution in [0.1, 0.15) is 20.8 Å². The van der Waals surface area contributed by atoms with Crippen LogP contribution < -0.4 is 0 Å². The average Bonchev–Trinajstić information content (AvgIpc) is 2.22. The maximum atomic E-state index is 11.8. The van der Waals surface area contributed by atoms with E-state index in [1.165, 1.54) is 4.90 Å². The smallest absolute Gasteiger partial charge is 0.410 e. The number of ether oxygens (including phenoxy) is 1. The molecule has 1 rings (SSSR count). The molecule has 0 atom stereocenters. The highest BCUT2D eigenvalue weighted by molar-refractivity contribution is 5.83. The SMILES string of the molecule is C=C/C=C(\C=NC)C1(O)CN(C(=O)OC(C)(C)C)C1. The average molecular weight is 266 g/mol. The number of β-amino-alcohol motifs (C(OH)–C–C–N with tert-alkyl or cyclic N) is 1. The Morgan fingerprint density at radius 3 is 2.47 bits per heavy atom. The highest BCUT2D eigenvalue weighted by Gasteiger charge is 2.47. The minimum absolute atomic E-state index is 0.202. The Hall–Kier alpha value is -1.62. The van der Waals surface area contributed by atoms with E-state index in [2.05, 4.69) is 11.6 Å². The van der Waals surface area contributed by atoms with E-state index < -0.39 is 17.3 Å². The van der Waals surface area contributed by atoms with Crippen LogP contribution in [-0.2, 0) is 4.74 Å². The Morgan fingerprint density at radius 1 is 1.47 bits per heavy atom. The summed E-state index contributed by atoms with van der Waals surface area (Å²) < 4.78 is 5.24. The van der Waals surface area contributed by atoms with Crippen LogP contribution in [0.5, 0.6) is 0 Å². The number of likely N-dealkylation sites (tertiary alicyclic amines) is 1. The molecule has 0 unspecified atom stereocenters. The lowest BCUT2D eigenvalue weighted by Crippen LogP contribution is -2.65. The number of carbonyl (C=O) groups excluding carboxylic acids is 1. The van der Waals surface area contributed by atoms with Gasteiger partial charge in [0.1, 0.15) is 11.2 Å². The minimum atomic E-state index is -1.06. The van der Waals surface area contributed by atoms with Crippen LogP contribution in [0.3, 0.4) is 0 Å². The van der Waals surface area contributed by atoms with Crippen molar-refractivity contribution in [2.45, 2.75) is 32.0 Å². The number of carbonyl (C=O) groups is 1. The molecule has 19 heavy (non-hydrogen) atoms. The molecule has 0 spiro atoms. The van der Waals surface area contributed by atoms with E-state index in [1.54, 1.807) is 25.4 Å². The predicted octanol–water partition coefficient (Wildman–Crippen LogP) is 1.78. The van der Waals surface area contributed by atoms with Crippen molar-refractivity contribution in [3.8, 4) is 0 Å². The second kappa shape index (κ2) is 5.57. The van der Waals surface area contributed by atoms with E-state index >= 15 is 0 Å². The summed E-state index contributed by atoms with van der Waals surface area (Å²) in [7, 11) is 1.63. The fourth-order valence-electron chi connectivity index (χ4n) is 1.81. The first-order chi connectivity index (χ1) is 8.72. The van der Waals surface area contributed by atoms with Gasteiger partial charge in [-0.15, -0.1) is 0 Å². The second-order valence-electron chi connectivity index (χ2n) is 5.61. The topological polar surface area (TPSA) is 62.1 Å². The molecule has 1 amide bonds. The zero-order valence-corrected chi connectivity index (χ0v) is 12.0. The van der Waals surface area contributed by atoms with Crippen molar-refractivity contribution in [1.82, 2.24) is 4.90 Å². The van der Waals surface area contributed by atoms with Gasteiger partial charge in [0.05, 0.1) is 13.1 Å². The van der Waals surface area contributed by atoms with Crippen molar-refractivity contribution >= 4 is 12.3 Å². The highest BCUT2D eigenvalue weighted by Crippen LogP contribution is 2.29. The lowest BCUT2D eigenvalue weighted by molar-refractivity contribution is -0.0723. The Bertz CT molecular complexity index is 413. The Morgan fingerprint density at radius 2 is 2.05 bits per heavy atom. The van der Waals surface area contributed by atoms with Gasteiger partial charge >= 0.3 is 6.09 Å². The number of hydrogen-bond acceptors (Lipinski definition) is 4. The van der Waals surface area contributed by atoms with Gasteiger partial charge in [-0.25, -0.2) is 4.79 Å². The Balaban J connectivity index is 2.67. The van der Waals surface area contributed by atoms with Crippen molar-refractivity contribution in [3.05, 3.63) is 24.3 Å². The zero-order valence-electron chi connectivity index (χ0n) is 12.0. The first kappa shape index (κ1) is 15.4. The van der Waals surface area contributed by atoms with E-state index in [-0.39, 0.29) is 13.1 Å². The lowest BCUT2D eigenvalue weighted by atomic mass is 9.86. The number of allylic oxidation sites excluding steroid dienone is 2. The van der Waals surface area contributed by atoms with Gasteiger partial charge in [0, 0.05) is 18.8 Å². The lowest BCUT2D eigenvalue weighted by Gasteiger charge is -2.46. The monoisotopic (exact) mass is 266 g/mol. The zero-order chi connectivity index (χ0) is 14.7. The molecule has 0 aromatic heterocycles. The standard InChI is InChI=1S/C14H22N2O3/c1-6-7-11(8-15-5)14(18)9-16(10-14)12(17)19-13(2,3)4/h6-8,18H,1,9-10H2,2-5H3/b11-7+,15-8?. The number of amides is 1. The number of rotatable bonds is 3.